The molecule has 5 nitrogen and oxygen atoms in total. The lowest BCUT2D eigenvalue weighted by molar-refractivity contribution is -0.120. The van der Waals surface area contributed by atoms with Gasteiger partial charge in [-0.05, 0) is 43.5 Å². The molecule has 0 saturated heterocycles. The van der Waals surface area contributed by atoms with Gasteiger partial charge in [-0.25, -0.2) is 4.98 Å². The number of benzene rings is 1. The van der Waals surface area contributed by atoms with E-state index in [1.165, 1.54) is 6.42 Å². The van der Waals surface area contributed by atoms with Crippen molar-refractivity contribution in [2.24, 2.45) is 5.92 Å². The average Bonchev–Trinajstić information content (AvgIpc) is 3.06. The van der Waals surface area contributed by atoms with Gasteiger partial charge in [-0.1, -0.05) is 37.5 Å². The zero-order valence-corrected chi connectivity index (χ0v) is 15.9. The summed E-state index contributed by atoms with van der Waals surface area (Å²) in [5, 5.41) is 3.19. The van der Waals surface area contributed by atoms with E-state index >= 15 is 0 Å². The monoisotopic (exact) mass is 363 g/mol. The maximum absolute atomic E-state index is 12.9. The number of carbonyl (C=O) groups is 1. The number of fused-ring (bicyclic) bond motifs is 1. The molecular weight excluding hydrogens is 338 g/mol. The Bertz CT molecular complexity index is 971. The van der Waals surface area contributed by atoms with Crippen LogP contribution in [-0.2, 0) is 4.79 Å². The molecule has 0 aliphatic heterocycles. The van der Waals surface area contributed by atoms with Crippen LogP contribution in [0.4, 0.5) is 5.82 Å². The number of aryl methyl sites for hydroxylation is 1. The second kappa shape index (κ2) is 7.43. The predicted octanol–water partition coefficient (Wildman–Crippen LogP) is 4.84. The van der Waals surface area contributed by atoms with E-state index < -0.39 is 0 Å². The zero-order valence-electron chi connectivity index (χ0n) is 15.9. The van der Waals surface area contributed by atoms with Gasteiger partial charge in [0.1, 0.15) is 22.9 Å². The molecule has 27 heavy (non-hydrogen) atoms. The van der Waals surface area contributed by atoms with E-state index in [2.05, 4.69) is 5.32 Å². The quantitative estimate of drug-likeness (QED) is 0.722. The molecule has 1 aromatic carbocycles. The molecule has 0 spiro atoms. The SMILES string of the molecule is COc1ccccc1-c1nc2ccc(C)cn2c1NC(=O)C1CCCCC1. The van der Waals surface area contributed by atoms with Gasteiger partial charge < -0.3 is 10.1 Å². The third-order valence-corrected chi connectivity index (χ3v) is 5.35. The van der Waals surface area contributed by atoms with Gasteiger partial charge in [0.25, 0.3) is 0 Å². The second-order valence-corrected chi connectivity index (χ2v) is 7.27. The number of para-hydroxylation sites is 1. The standard InChI is InChI=1S/C22H25N3O2/c1-15-12-13-19-23-20(17-10-6-7-11-18(17)27-2)21(25(19)14-15)24-22(26)16-8-4-3-5-9-16/h6-7,10-14,16H,3-5,8-9H2,1-2H3,(H,24,26). The van der Waals surface area contributed by atoms with Gasteiger partial charge in [-0.15, -0.1) is 0 Å². The van der Waals surface area contributed by atoms with E-state index in [1.807, 2.05) is 53.9 Å². The van der Waals surface area contributed by atoms with Crippen molar-refractivity contribution in [1.29, 1.82) is 0 Å². The first kappa shape index (κ1) is 17.6. The number of nitrogens with one attached hydrogen (secondary N) is 1. The molecule has 0 radical (unpaired) electrons. The van der Waals surface area contributed by atoms with Crippen LogP contribution in [0.1, 0.15) is 37.7 Å². The number of ether oxygens (including phenoxy) is 1. The molecule has 3 aromatic rings. The normalized spacial score (nSPS) is 15.0. The van der Waals surface area contributed by atoms with Crippen LogP contribution >= 0.6 is 0 Å². The highest BCUT2D eigenvalue weighted by molar-refractivity contribution is 5.96. The topological polar surface area (TPSA) is 55.6 Å². The van der Waals surface area contributed by atoms with Crippen LogP contribution in [0, 0.1) is 12.8 Å². The largest absolute Gasteiger partial charge is 0.496 e. The van der Waals surface area contributed by atoms with E-state index in [4.69, 9.17) is 9.72 Å². The van der Waals surface area contributed by atoms with E-state index in [1.54, 1.807) is 7.11 Å². The Balaban J connectivity index is 1.81. The molecular formula is C22H25N3O2. The molecule has 1 saturated carbocycles. The van der Waals surface area contributed by atoms with Crippen LogP contribution in [-0.4, -0.2) is 22.4 Å². The smallest absolute Gasteiger partial charge is 0.228 e. The molecule has 2 heterocycles. The molecule has 140 valence electrons. The number of imidazole rings is 1. The highest BCUT2D eigenvalue weighted by Gasteiger charge is 2.25. The van der Waals surface area contributed by atoms with Crippen molar-refractivity contribution in [1.82, 2.24) is 9.38 Å². The minimum atomic E-state index is 0.0830. The lowest BCUT2D eigenvalue weighted by Gasteiger charge is -2.21. The van der Waals surface area contributed by atoms with Crippen LogP contribution in [0.5, 0.6) is 5.75 Å². The summed E-state index contributed by atoms with van der Waals surface area (Å²) in [7, 11) is 1.65. The predicted molar refractivity (Wildman–Crippen MR) is 107 cm³/mol. The summed E-state index contributed by atoms with van der Waals surface area (Å²) >= 11 is 0. The number of pyridine rings is 1. The van der Waals surface area contributed by atoms with Crippen LogP contribution in [0.25, 0.3) is 16.9 Å². The van der Waals surface area contributed by atoms with Crippen molar-refractivity contribution >= 4 is 17.4 Å². The first-order valence-electron chi connectivity index (χ1n) is 9.60. The van der Waals surface area contributed by atoms with E-state index in [0.29, 0.717) is 5.82 Å². The lowest BCUT2D eigenvalue weighted by Crippen LogP contribution is -2.25. The maximum Gasteiger partial charge on any atom is 0.228 e. The van der Waals surface area contributed by atoms with Gasteiger partial charge in [-0.3, -0.25) is 9.20 Å². The summed E-state index contributed by atoms with van der Waals surface area (Å²) in [5.41, 5.74) is 3.53. The molecule has 1 aliphatic rings. The van der Waals surface area contributed by atoms with Gasteiger partial charge >= 0.3 is 0 Å². The van der Waals surface area contributed by atoms with Gasteiger partial charge in [0.05, 0.1) is 7.11 Å². The Morgan fingerprint density at radius 1 is 1.15 bits per heavy atom. The number of hydrogen-bond acceptors (Lipinski definition) is 3. The zero-order chi connectivity index (χ0) is 18.8. The number of anilines is 1. The number of rotatable bonds is 4. The minimum absolute atomic E-state index is 0.0830. The van der Waals surface area contributed by atoms with Crippen LogP contribution in [0.15, 0.2) is 42.6 Å². The van der Waals surface area contributed by atoms with Crippen molar-refractivity contribution < 1.29 is 9.53 Å². The number of hydrogen-bond donors (Lipinski definition) is 1. The molecule has 5 heteroatoms. The first-order chi connectivity index (χ1) is 13.2. The Morgan fingerprint density at radius 2 is 1.93 bits per heavy atom. The summed E-state index contributed by atoms with van der Waals surface area (Å²) in [6.07, 6.45) is 7.42. The van der Waals surface area contributed by atoms with Crippen LogP contribution in [0.2, 0.25) is 0 Å². The van der Waals surface area contributed by atoms with Crippen molar-refractivity contribution in [3.05, 3.63) is 48.2 Å². The summed E-state index contributed by atoms with van der Waals surface area (Å²) in [4.78, 5) is 17.7. The van der Waals surface area contributed by atoms with Gasteiger partial charge in [0, 0.05) is 17.7 Å². The van der Waals surface area contributed by atoms with Crippen molar-refractivity contribution in [2.45, 2.75) is 39.0 Å². The molecule has 0 atom stereocenters. The fraction of sp³-hybridized carbons (Fsp3) is 0.364. The van der Waals surface area contributed by atoms with E-state index in [-0.39, 0.29) is 11.8 Å². The molecule has 4 rings (SSSR count). The Hall–Kier alpha value is -2.82. The number of methoxy groups -OCH3 is 1. The summed E-state index contributed by atoms with van der Waals surface area (Å²) < 4.78 is 7.50. The Labute approximate surface area is 159 Å². The fourth-order valence-electron chi connectivity index (χ4n) is 3.88. The lowest BCUT2D eigenvalue weighted by atomic mass is 9.88. The number of nitrogens with zero attached hydrogens (tertiary/aromatic N) is 2. The first-order valence-corrected chi connectivity index (χ1v) is 9.60. The molecule has 1 amide bonds. The summed E-state index contributed by atoms with van der Waals surface area (Å²) in [5.74, 6) is 1.63. The molecule has 1 aliphatic carbocycles. The number of aromatic nitrogens is 2. The highest BCUT2D eigenvalue weighted by Crippen LogP contribution is 2.36. The number of amides is 1. The van der Waals surface area contributed by atoms with Crippen molar-refractivity contribution in [3.8, 4) is 17.0 Å². The Kier molecular flexibility index (Phi) is 4.84. The molecule has 0 unspecified atom stereocenters. The molecule has 1 N–H and O–H groups in total. The summed E-state index contributed by atoms with van der Waals surface area (Å²) in [6, 6.07) is 11.8. The van der Waals surface area contributed by atoms with Crippen LogP contribution < -0.4 is 10.1 Å². The maximum atomic E-state index is 12.9. The third kappa shape index (κ3) is 3.42. The number of carbonyl (C=O) groups excluding carboxylic acids is 1. The molecule has 1 fully saturated rings. The third-order valence-electron chi connectivity index (χ3n) is 5.35. The van der Waals surface area contributed by atoms with Crippen molar-refractivity contribution in [2.75, 3.05) is 12.4 Å². The second-order valence-electron chi connectivity index (χ2n) is 7.27. The average molecular weight is 363 g/mol. The Morgan fingerprint density at radius 3 is 2.70 bits per heavy atom. The van der Waals surface area contributed by atoms with E-state index in [0.717, 1.165) is 53.9 Å². The van der Waals surface area contributed by atoms with Gasteiger partial charge in [0.2, 0.25) is 5.91 Å². The molecule has 2 aromatic heterocycles. The summed E-state index contributed by atoms with van der Waals surface area (Å²) in [6.45, 7) is 2.04. The van der Waals surface area contributed by atoms with Crippen molar-refractivity contribution in [3.63, 3.8) is 0 Å². The fourth-order valence-corrected chi connectivity index (χ4v) is 3.88. The van der Waals surface area contributed by atoms with Gasteiger partial charge in [0.15, 0.2) is 0 Å². The van der Waals surface area contributed by atoms with Gasteiger partial charge in [-0.2, -0.15) is 0 Å². The van der Waals surface area contributed by atoms with Crippen LogP contribution in [0.3, 0.4) is 0 Å². The van der Waals surface area contributed by atoms with E-state index in [9.17, 15) is 4.79 Å². The minimum Gasteiger partial charge on any atom is -0.496 e. The molecule has 0 bridgehead atoms. The highest BCUT2D eigenvalue weighted by atomic mass is 16.5.